The van der Waals surface area contributed by atoms with Crippen LogP contribution < -0.4 is 0 Å². The van der Waals surface area contributed by atoms with Crippen molar-refractivity contribution in [3.8, 4) is 55.8 Å². The van der Waals surface area contributed by atoms with Gasteiger partial charge in [-0.15, -0.1) is 0 Å². The molecule has 0 saturated heterocycles. The van der Waals surface area contributed by atoms with Crippen LogP contribution in [0.15, 0.2) is 140 Å². The molecule has 1 aliphatic carbocycles. The quantitative estimate of drug-likeness (QED) is 0.235. The molecule has 0 spiro atoms. The summed E-state index contributed by atoms with van der Waals surface area (Å²) in [6.07, 6.45) is 1.84. The Hall–Kier alpha value is -4.75. The fraction of sp³-hybridized carbons (Fsp3) is 0.0789. The summed E-state index contributed by atoms with van der Waals surface area (Å²) < 4.78 is 0. The van der Waals surface area contributed by atoms with Gasteiger partial charge in [-0.25, -0.2) is 0 Å². The van der Waals surface area contributed by atoms with Crippen LogP contribution in [0.2, 0.25) is 0 Å². The highest BCUT2D eigenvalue weighted by Gasteiger charge is 2.37. The van der Waals surface area contributed by atoms with E-state index in [-0.39, 0.29) is 5.41 Å². The number of aromatic nitrogens is 1. The zero-order valence-corrected chi connectivity index (χ0v) is 22.2. The van der Waals surface area contributed by atoms with Gasteiger partial charge in [0.15, 0.2) is 0 Å². The van der Waals surface area contributed by atoms with Gasteiger partial charge in [-0.3, -0.25) is 4.98 Å². The number of pyridine rings is 1. The third-order valence-corrected chi connectivity index (χ3v) is 8.13. The number of nitrogens with zero attached hydrogens (tertiary/aromatic N) is 1. The van der Waals surface area contributed by atoms with Crippen LogP contribution in [-0.4, -0.2) is 4.98 Å². The van der Waals surface area contributed by atoms with Gasteiger partial charge < -0.3 is 0 Å². The van der Waals surface area contributed by atoms with E-state index >= 15 is 0 Å². The van der Waals surface area contributed by atoms with Crippen molar-refractivity contribution in [1.29, 1.82) is 0 Å². The minimum absolute atomic E-state index is 0.0377. The Morgan fingerprint density at radius 2 is 1.00 bits per heavy atom. The lowest BCUT2D eigenvalue weighted by molar-refractivity contribution is 0.662. The molecule has 0 saturated carbocycles. The minimum atomic E-state index is -0.0377. The van der Waals surface area contributed by atoms with E-state index in [1.54, 1.807) is 0 Å². The molecule has 0 atom stereocenters. The van der Waals surface area contributed by atoms with Gasteiger partial charge in [0.05, 0.1) is 5.69 Å². The highest BCUT2D eigenvalue weighted by molar-refractivity contribution is 5.89. The molecule has 0 unspecified atom stereocenters. The molecule has 0 radical (unpaired) electrons. The molecule has 39 heavy (non-hydrogen) atoms. The fourth-order valence-corrected chi connectivity index (χ4v) is 6.20. The molecule has 1 heteroatoms. The van der Waals surface area contributed by atoms with E-state index in [0.717, 1.165) is 11.3 Å². The van der Waals surface area contributed by atoms with Gasteiger partial charge in [0.25, 0.3) is 0 Å². The lowest BCUT2D eigenvalue weighted by atomic mass is 9.78. The Kier molecular flexibility index (Phi) is 5.52. The number of rotatable bonds is 4. The average Bonchev–Trinajstić information content (AvgIpc) is 3.24. The van der Waals surface area contributed by atoms with Crippen molar-refractivity contribution in [2.45, 2.75) is 19.3 Å². The zero-order valence-electron chi connectivity index (χ0n) is 22.2. The van der Waals surface area contributed by atoms with Gasteiger partial charge in [-0.2, -0.15) is 0 Å². The first-order chi connectivity index (χ1) is 19.1. The van der Waals surface area contributed by atoms with E-state index in [1.165, 1.54) is 55.6 Å². The SMILES string of the molecule is CC1(C)c2ccccc2-c2cccc(-c3cccc(-c4ccc(-c5cccc(-c6ccccn6)c5)cc4)c3)c21. The second-order valence-corrected chi connectivity index (χ2v) is 10.9. The summed E-state index contributed by atoms with van der Waals surface area (Å²) in [5, 5.41) is 0. The summed E-state index contributed by atoms with van der Waals surface area (Å²) >= 11 is 0. The lowest BCUT2D eigenvalue weighted by Crippen LogP contribution is -2.16. The molecule has 5 aromatic carbocycles. The molecule has 0 aliphatic heterocycles. The first-order valence-electron chi connectivity index (χ1n) is 13.6. The second-order valence-electron chi connectivity index (χ2n) is 10.9. The van der Waals surface area contributed by atoms with E-state index in [2.05, 4.69) is 140 Å². The molecule has 0 N–H and O–H groups in total. The Bertz CT molecular complexity index is 1810. The van der Waals surface area contributed by atoms with Crippen molar-refractivity contribution in [1.82, 2.24) is 4.98 Å². The van der Waals surface area contributed by atoms with Crippen molar-refractivity contribution in [3.63, 3.8) is 0 Å². The van der Waals surface area contributed by atoms with Crippen LogP contribution in [0.25, 0.3) is 55.8 Å². The van der Waals surface area contributed by atoms with Gasteiger partial charge >= 0.3 is 0 Å². The molecule has 0 fully saturated rings. The van der Waals surface area contributed by atoms with Crippen LogP contribution in [-0.2, 0) is 5.41 Å². The number of hydrogen-bond donors (Lipinski definition) is 0. The molecule has 0 amide bonds. The molecule has 1 aromatic heterocycles. The summed E-state index contributed by atoms with van der Waals surface area (Å²) in [7, 11) is 0. The first kappa shape index (κ1) is 23.4. The Morgan fingerprint density at radius 3 is 1.72 bits per heavy atom. The first-order valence-corrected chi connectivity index (χ1v) is 13.6. The van der Waals surface area contributed by atoms with Crippen LogP contribution in [0.3, 0.4) is 0 Å². The van der Waals surface area contributed by atoms with Crippen LogP contribution in [0.4, 0.5) is 0 Å². The van der Waals surface area contributed by atoms with Crippen LogP contribution >= 0.6 is 0 Å². The average molecular weight is 500 g/mol. The van der Waals surface area contributed by atoms with Gasteiger partial charge in [0, 0.05) is 17.2 Å². The van der Waals surface area contributed by atoms with Crippen molar-refractivity contribution in [3.05, 3.63) is 151 Å². The van der Waals surface area contributed by atoms with Crippen LogP contribution in [0.5, 0.6) is 0 Å². The zero-order chi connectivity index (χ0) is 26.4. The molecule has 0 bridgehead atoms. The third kappa shape index (κ3) is 3.99. The number of fused-ring (bicyclic) bond motifs is 3. The summed E-state index contributed by atoms with van der Waals surface area (Å²) in [6, 6.07) is 48.1. The lowest BCUT2D eigenvalue weighted by Gasteiger charge is -2.24. The standard InChI is InChI=1S/C38H29N/c1-38(2)35-17-4-3-14-33(35)34-16-9-15-32(37(34)38)30-12-7-10-28(24-30)26-19-21-27(22-20-26)29-11-8-13-31(25-29)36-18-5-6-23-39-36/h3-25H,1-2H3. The predicted octanol–water partition coefficient (Wildman–Crippen LogP) is 10.1. The van der Waals surface area contributed by atoms with Crippen molar-refractivity contribution >= 4 is 0 Å². The van der Waals surface area contributed by atoms with E-state index in [0.29, 0.717) is 0 Å². The maximum absolute atomic E-state index is 4.51. The maximum atomic E-state index is 4.51. The Balaban J connectivity index is 1.23. The topological polar surface area (TPSA) is 12.9 Å². The molecular weight excluding hydrogens is 470 g/mol. The van der Waals surface area contributed by atoms with Gasteiger partial charge in [-0.05, 0) is 79.9 Å². The Labute approximate surface area is 230 Å². The monoisotopic (exact) mass is 499 g/mol. The van der Waals surface area contributed by atoms with Crippen molar-refractivity contribution in [2.75, 3.05) is 0 Å². The van der Waals surface area contributed by atoms with E-state index in [9.17, 15) is 0 Å². The normalized spacial score (nSPS) is 13.1. The van der Waals surface area contributed by atoms with Crippen LogP contribution in [0, 0.1) is 0 Å². The van der Waals surface area contributed by atoms with Crippen molar-refractivity contribution < 1.29 is 0 Å². The summed E-state index contributed by atoms with van der Waals surface area (Å²) in [5.41, 5.74) is 15.1. The van der Waals surface area contributed by atoms with Gasteiger partial charge in [-0.1, -0.05) is 123 Å². The molecular formula is C38H29N. The van der Waals surface area contributed by atoms with Gasteiger partial charge in [0.2, 0.25) is 0 Å². The second kappa shape index (κ2) is 9.22. The number of hydrogen-bond acceptors (Lipinski definition) is 1. The van der Waals surface area contributed by atoms with Crippen LogP contribution in [0.1, 0.15) is 25.0 Å². The van der Waals surface area contributed by atoms with Gasteiger partial charge in [0.1, 0.15) is 0 Å². The Morgan fingerprint density at radius 1 is 0.436 bits per heavy atom. The molecule has 186 valence electrons. The summed E-state index contributed by atoms with van der Waals surface area (Å²) in [4.78, 5) is 4.51. The predicted molar refractivity (Wildman–Crippen MR) is 164 cm³/mol. The third-order valence-electron chi connectivity index (χ3n) is 8.13. The molecule has 1 heterocycles. The highest BCUT2D eigenvalue weighted by atomic mass is 14.7. The number of benzene rings is 5. The molecule has 1 aliphatic rings. The smallest absolute Gasteiger partial charge is 0.0702 e. The highest BCUT2D eigenvalue weighted by Crippen LogP contribution is 2.52. The molecule has 6 aromatic rings. The molecule has 1 nitrogen and oxygen atoms in total. The van der Waals surface area contributed by atoms with Crippen molar-refractivity contribution in [2.24, 2.45) is 0 Å². The summed E-state index contributed by atoms with van der Waals surface area (Å²) in [5.74, 6) is 0. The van der Waals surface area contributed by atoms with E-state index < -0.39 is 0 Å². The minimum Gasteiger partial charge on any atom is -0.256 e. The fourth-order valence-electron chi connectivity index (χ4n) is 6.20. The van der Waals surface area contributed by atoms with E-state index in [4.69, 9.17) is 0 Å². The van der Waals surface area contributed by atoms with E-state index in [1.807, 2.05) is 18.3 Å². The summed E-state index contributed by atoms with van der Waals surface area (Å²) in [6.45, 7) is 4.71. The molecule has 7 rings (SSSR count). The largest absolute Gasteiger partial charge is 0.256 e. The maximum Gasteiger partial charge on any atom is 0.0702 e.